The molecule has 1 saturated carbocycles. The van der Waals surface area contributed by atoms with Crippen LogP contribution in [0.1, 0.15) is 53.7 Å². The van der Waals surface area contributed by atoms with Crippen molar-refractivity contribution in [3.8, 4) is 0 Å². The van der Waals surface area contributed by atoms with Crippen LogP contribution < -0.4 is 0 Å². The Hall–Kier alpha value is -2.13. The van der Waals surface area contributed by atoms with Crippen LogP contribution in [-0.4, -0.2) is 38.3 Å². The fraction of sp³-hybridized carbons (Fsp3) is 0.500. The average molecular weight is 446 g/mol. The second-order valence-corrected chi connectivity index (χ2v) is 8.28. The molecule has 0 unspecified atom stereocenters. The molecule has 2 heterocycles. The highest BCUT2D eigenvalue weighted by Crippen LogP contribution is 2.42. The van der Waals surface area contributed by atoms with Crippen molar-refractivity contribution in [2.45, 2.75) is 57.0 Å². The molecule has 10 heteroatoms. The lowest BCUT2D eigenvalue weighted by Crippen LogP contribution is -2.36. The molecule has 1 aromatic carbocycles. The fourth-order valence-corrected chi connectivity index (χ4v) is 4.20. The molecule has 1 aromatic heterocycles. The number of nitrogens with zero attached hydrogens (tertiary/aromatic N) is 3. The van der Waals surface area contributed by atoms with Gasteiger partial charge in [0.1, 0.15) is 18.1 Å². The van der Waals surface area contributed by atoms with Crippen molar-refractivity contribution in [3.63, 3.8) is 0 Å². The molecule has 1 amide bonds. The van der Waals surface area contributed by atoms with Gasteiger partial charge in [-0.15, -0.1) is 0 Å². The number of aliphatic hydroxyl groups excluding tert-OH is 1. The molecule has 2 atom stereocenters. The van der Waals surface area contributed by atoms with Gasteiger partial charge in [-0.3, -0.25) is 9.48 Å². The van der Waals surface area contributed by atoms with E-state index in [0.29, 0.717) is 15.9 Å². The number of aryl methyl sites for hydroxylation is 1. The predicted octanol–water partition coefficient (Wildman–Crippen LogP) is 4.21. The molecule has 2 aromatic rings. The normalized spacial score (nSPS) is 22.0. The Kier molecular flexibility index (Phi) is 5.30. The minimum absolute atomic E-state index is 0.00196. The van der Waals surface area contributed by atoms with E-state index in [-0.39, 0.29) is 29.5 Å². The van der Waals surface area contributed by atoms with E-state index in [1.807, 2.05) is 0 Å². The summed E-state index contributed by atoms with van der Waals surface area (Å²) in [4.78, 5) is 14.2. The van der Waals surface area contributed by atoms with Gasteiger partial charge in [-0.25, -0.2) is 4.39 Å². The lowest BCUT2D eigenvalue weighted by molar-refractivity contribution is -0.146. The Morgan fingerprint density at radius 2 is 1.97 bits per heavy atom. The Morgan fingerprint density at radius 1 is 1.27 bits per heavy atom. The van der Waals surface area contributed by atoms with Crippen molar-refractivity contribution < 1.29 is 27.5 Å². The summed E-state index contributed by atoms with van der Waals surface area (Å²) in [5, 5.41) is 14.7. The highest BCUT2D eigenvalue weighted by molar-refractivity contribution is 6.32. The van der Waals surface area contributed by atoms with Crippen molar-refractivity contribution in [1.82, 2.24) is 14.7 Å². The summed E-state index contributed by atoms with van der Waals surface area (Å²) in [5.41, 5.74) is 0.0342. The van der Waals surface area contributed by atoms with Crippen LogP contribution in [0.4, 0.5) is 17.6 Å². The number of carbonyl (C=O) groups excluding carboxylic acids is 1. The minimum Gasteiger partial charge on any atom is -0.391 e. The van der Waals surface area contributed by atoms with E-state index in [9.17, 15) is 27.5 Å². The molecule has 162 valence electrons. The zero-order chi connectivity index (χ0) is 21.8. The van der Waals surface area contributed by atoms with Crippen LogP contribution in [0.2, 0.25) is 5.02 Å². The van der Waals surface area contributed by atoms with Crippen molar-refractivity contribution in [1.29, 1.82) is 0 Å². The van der Waals surface area contributed by atoms with Gasteiger partial charge >= 0.3 is 6.18 Å². The number of benzene rings is 1. The summed E-state index contributed by atoms with van der Waals surface area (Å²) < 4.78 is 54.9. The lowest BCUT2D eigenvalue weighted by atomic mass is 9.99. The molecule has 30 heavy (non-hydrogen) atoms. The predicted molar refractivity (Wildman–Crippen MR) is 100 cm³/mol. The molecule has 1 saturated heterocycles. The zero-order valence-electron chi connectivity index (χ0n) is 16.1. The fourth-order valence-electron chi connectivity index (χ4n) is 3.98. The van der Waals surface area contributed by atoms with Gasteiger partial charge in [-0.2, -0.15) is 18.3 Å². The molecule has 1 aliphatic carbocycles. The first kappa shape index (κ1) is 21.1. The van der Waals surface area contributed by atoms with Crippen molar-refractivity contribution in [3.05, 3.63) is 51.6 Å². The summed E-state index contributed by atoms with van der Waals surface area (Å²) in [6.45, 7) is 1.09. The molecule has 1 N–H and O–H groups in total. The van der Waals surface area contributed by atoms with Crippen LogP contribution >= 0.6 is 11.6 Å². The van der Waals surface area contributed by atoms with E-state index in [0.717, 1.165) is 25.0 Å². The summed E-state index contributed by atoms with van der Waals surface area (Å²) in [5.74, 6) is -1.22. The molecule has 2 fully saturated rings. The molecular weight excluding hydrogens is 426 g/mol. The number of hydrogen-bond donors (Lipinski definition) is 1. The summed E-state index contributed by atoms with van der Waals surface area (Å²) in [6.07, 6.45) is -3.89. The first-order valence-corrected chi connectivity index (χ1v) is 10.0. The standard InChI is InChI=1S/C20H20ClF4N3O2/c1-10-6-12(22)7-13(18(10)21)19-15(29)4-5-27(19)17(30)9-28-16(20(23,24)25)8-14(26-28)11-2-3-11/h6-8,11,15,19,29H,2-5,9H2,1H3/t15-,19-/m1/s1. The van der Waals surface area contributed by atoms with Gasteiger partial charge in [-0.05, 0) is 55.5 Å². The number of carbonyl (C=O) groups is 1. The van der Waals surface area contributed by atoms with Crippen molar-refractivity contribution >= 4 is 17.5 Å². The molecule has 4 rings (SSSR count). The van der Waals surface area contributed by atoms with E-state index >= 15 is 0 Å². The minimum atomic E-state index is -4.65. The number of aromatic nitrogens is 2. The van der Waals surface area contributed by atoms with E-state index in [4.69, 9.17) is 11.6 Å². The number of rotatable bonds is 4. The number of hydrogen-bond acceptors (Lipinski definition) is 3. The number of halogens is 5. The maximum Gasteiger partial charge on any atom is 0.433 e. The molecule has 2 aliphatic rings. The average Bonchev–Trinajstić information content (AvgIpc) is 3.29. The van der Waals surface area contributed by atoms with Crippen LogP contribution in [0.5, 0.6) is 0 Å². The lowest BCUT2D eigenvalue weighted by Gasteiger charge is -2.28. The van der Waals surface area contributed by atoms with Crippen LogP contribution in [0.3, 0.4) is 0 Å². The summed E-state index contributed by atoms with van der Waals surface area (Å²) >= 11 is 6.29. The van der Waals surface area contributed by atoms with Crippen LogP contribution in [0.15, 0.2) is 18.2 Å². The number of alkyl halides is 3. The van der Waals surface area contributed by atoms with Gasteiger partial charge in [0.25, 0.3) is 0 Å². The van der Waals surface area contributed by atoms with E-state index in [2.05, 4.69) is 5.10 Å². The monoisotopic (exact) mass is 445 g/mol. The van der Waals surface area contributed by atoms with Gasteiger partial charge < -0.3 is 10.0 Å². The number of amides is 1. The third-order valence-electron chi connectivity index (χ3n) is 5.62. The van der Waals surface area contributed by atoms with E-state index < -0.39 is 42.3 Å². The van der Waals surface area contributed by atoms with Gasteiger partial charge in [-0.1, -0.05) is 11.6 Å². The second-order valence-electron chi connectivity index (χ2n) is 7.90. The molecule has 0 radical (unpaired) electrons. The van der Waals surface area contributed by atoms with Crippen molar-refractivity contribution in [2.24, 2.45) is 0 Å². The maximum absolute atomic E-state index is 13.9. The van der Waals surface area contributed by atoms with E-state index in [1.165, 1.54) is 11.0 Å². The third kappa shape index (κ3) is 3.92. The Bertz CT molecular complexity index is 987. The molecular formula is C20H20ClF4N3O2. The van der Waals surface area contributed by atoms with Gasteiger partial charge in [0.15, 0.2) is 0 Å². The zero-order valence-corrected chi connectivity index (χ0v) is 16.8. The van der Waals surface area contributed by atoms with Crippen LogP contribution in [0, 0.1) is 12.7 Å². The smallest absolute Gasteiger partial charge is 0.391 e. The van der Waals surface area contributed by atoms with Crippen LogP contribution in [-0.2, 0) is 17.5 Å². The maximum atomic E-state index is 13.9. The number of likely N-dealkylation sites (tertiary alicyclic amines) is 1. The highest BCUT2D eigenvalue weighted by Gasteiger charge is 2.41. The number of aliphatic hydroxyl groups is 1. The van der Waals surface area contributed by atoms with Crippen molar-refractivity contribution in [2.75, 3.05) is 6.54 Å². The summed E-state index contributed by atoms with van der Waals surface area (Å²) in [7, 11) is 0. The highest BCUT2D eigenvalue weighted by atomic mass is 35.5. The summed E-state index contributed by atoms with van der Waals surface area (Å²) in [6, 6.07) is 2.44. The largest absolute Gasteiger partial charge is 0.433 e. The Balaban J connectivity index is 1.64. The molecule has 1 aliphatic heterocycles. The molecule has 0 bridgehead atoms. The SMILES string of the molecule is Cc1cc(F)cc([C@@H]2[C@H](O)CCN2C(=O)Cn2nc(C3CC3)cc2C(F)(F)F)c1Cl. The third-order valence-corrected chi connectivity index (χ3v) is 6.14. The van der Waals surface area contributed by atoms with Gasteiger partial charge in [0.05, 0.1) is 17.8 Å². The Morgan fingerprint density at radius 3 is 2.60 bits per heavy atom. The molecule has 5 nitrogen and oxygen atoms in total. The quantitative estimate of drug-likeness (QED) is 0.717. The van der Waals surface area contributed by atoms with E-state index in [1.54, 1.807) is 6.92 Å². The first-order chi connectivity index (χ1) is 14.1. The van der Waals surface area contributed by atoms with Crippen LogP contribution in [0.25, 0.3) is 0 Å². The molecule has 0 spiro atoms. The Labute approximate surface area is 175 Å². The second kappa shape index (κ2) is 7.53. The topological polar surface area (TPSA) is 58.4 Å². The first-order valence-electron chi connectivity index (χ1n) is 9.64. The van der Waals surface area contributed by atoms with Gasteiger partial charge in [0, 0.05) is 17.5 Å². The van der Waals surface area contributed by atoms with Gasteiger partial charge in [0.2, 0.25) is 5.91 Å².